The fraction of sp³-hybridized carbons (Fsp3) is 0.333. The highest BCUT2D eigenvalue weighted by atomic mass is 79.9. The lowest BCUT2D eigenvalue weighted by atomic mass is 10.0. The number of hydrogen-bond acceptors (Lipinski definition) is 2. The van der Waals surface area contributed by atoms with E-state index in [9.17, 15) is 0 Å². The topological polar surface area (TPSA) is 22.4 Å². The lowest BCUT2D eigenvalue weighted by molar-refractivity contribution is 0.414. The van der Waals surface area contributed by atoms with Gasteiger partial charge in [-0.15, -0.1) is 0 Å². The van der Waals surface area contributed by atoms with Gasteiger partial charge in [0.25, 0.3) is 0 Å². The summed E-state index contributed by atoms with van der Waals surface area (Å²) < 4.78 is 10.7. The average Bonchev–Trinajstić information content (AvgIpc) is 2.87. The Labute approximate surface area is 116 Å². The van der Waals surface area contributed by atoms with Crippen LogP contribution in [-0.2, 0) is 12.8 Å². The van der Waals surface area contributed by atoms with Gasteiger partial charge < -0.3 is 9.15 Å². The minimum absolute atomic E-state index is 0.276. The summed E-state index contributed by atoms with van der Waals surface area (Å²) in [5, 5.41) is 0. The van der Waals surface area contributed by atoms with Crippen LogP contribution in [-0.4, -0.2) is 7.11 Å². The Morgan fingerprint density at radius 1 is 1.33 bits per heavy atom. The third kappa shape index (κ3) is 2.96. The quantitative estimate of drug-likeness (QED) is 0.757. The van der Waals surface area contributed by atoms with Crippen molar-refractivity contribution in [3.63, 3.8) is 0 Å². The summed E-state index contributed by atoms with van der Waals surface area (Å²) in [5.74, 6) is 1.95. The minimum atomic E-state index is 0.276. The average molecular weight is 309 g/mol. The molecule has 1 atom stereocenters. The van der Waals surface area contributed by atoms with Crippen LogP contribution in [0.15, 0.2) is 41.0 Å². The van der Waals surface area contributed by atoms with Crippen LogP contribution in [0.3, 0.4) is 0 Å². The van der Waals surface area contributed by atoms with Gasteiger partial charge in [-0.2, -0.15) is 0 Å². The molecule has 1 heterocycles. The SMILES string of the molecule is CCc1occc1C(Br)Cc1cccc(OC)c1. The Morgan fingerprint density at radius 2 is 2.17 bits per heavy atom. The maximum Gasteiger partial charge on any atom is 0.119 e. The van der Waals surface area contributed by atoms with Gasteiger partial charge in [0.05, 0.1) is 13.4 Å². The summed E-state index contributed by atoms with van der Waals surface area (Å²) in [4.78, 5) is 0.276. The monoisotopic (exact) mass is 308 g/mol. The lowest BCUT2D eigenvalue weighted by Crippen LogP contribution is -1.97. The molecule has 0 N–H and O–H groups in total. The Morgan fingerprint density at radius 3 is 2.89 bits per heavy atom. The number of hydrogen-bond donors (Lipinski definition) is 0. The first-order valence-corrected chi connectivity index (χ1v) is 6.99. The molecule has 96 valence electrons. The van der Waals surface area contributed by atoms with Gasteiger partial charge in [-0.05, 0) is 30.2 Å². The molecule has 0 fully saturated rings. The summed E-state index contributed by atoms with van der Waals surface area (Å²) in [6.45, 7) is 2.10. The van der Waals surface area contributed by atoms with Crippen molar-refractivity contribution in [3.05, 3.63) is 53.5 Å². The fourth-order valence-electron chi connectivity index (χ4n) is 2.03. The highest BCUT2D eigenvalue weighted by Crippen LogP contribution is 2.31. The van der Waals surface area contributed by atoms with E-state index in [1.807, 2.05) is 18.2 Å². The first-order valence-electron chi connectivity index (χ1n) is 6.07. The summed E-state index contributed by atoms with van der Waals surface area (Å²) >= 11 is 3.74. The van der Waals surface area contributed by atoms with E-state index in [1.54, 1.807) is 13.4 Å². The second kappa shape index (κ2) is 6.10. The molecule has 0 saturated carbocycles. The zero-order chi connectivity index (χ0) is 13.0. The zero-order valence-electron chi connectivity index (χ0n) is 10.7. The number of methoxy groups -OCH3 is 1. The van der Waals surface area contributed by atoms with Crippen LogP contribution in [0.1, 0.15) is 28.6 Å². The number of rotatable bonds is 5. The van der Waals surface area contributed by atoms with Crippen molar-refractivity contribution >= 4 is 15.9 Å². The van der Waals surface area contributed by atoms with Crippen molar-refractivity contribution in [1.82, 2.24) is 0 Å². The molecule has 0 aliphatic carbocycles. The number of halogens is 1. The largest absolute Gasteiger partial charge is 0.497 e. The van der Waals surface area contributed by atoms with Gasteiger partial charge in [-0.25, -0.2) is 0 Å². The van der Waals surface area contributed by atoms with Gasteiger partial charge in [-0.1, -0.05) is 35.0 Å². The van der Waals surface area contributed by atoms with Crippen molar-refractivity contribution < 1.29 is 9.15 Å². The van der Waals surface area contributed by atoms with Crippen molar-refractivity contribution in [2.45, 2.75) is 24.6 Å². The van der Waals surface area contributed by atoms with E-state index >= 15 is 0 Å². The standard InChI is InChI=1S/C15H17BrO2/c1-3-15-13(7-8-18-15)14(16)10-11-5-4-6-12(9-11)17-2/h4-9,14H,3,10H2,1-2H3. The fourth-order valence-corrected chi connectivity index (χ4v) is 2.82. The van der Waals surface area contributed by atoms with Crippen LogP contribution in [0.2, 0.25) is 0 Å². The van der Waals surface area contributed by atoms with Gasteiger partial charge >= 0.3 is 0 Å². The lowest BCUT2D eigenvalue weighted by Gasteiger charge is -2.10. The van der Waals surface area contributed by atoms with E-state index in [0.29, 0.717) is 0 Å². The number of benzene rings is 1. The Bertz CT molecular complexity index is 505. The molecular formula is C15H17BrO2. The number of aryl methyl sites for hydroxylation is 1. The van der Waals surface area contributed by atoms with Gasteiger partial charge in [0.1, 0.15) is 11.5 Å². The summed E-state index contributed by atoms with van der Waals surface area (Å²) in [5.41, 5.74) is 2.49. The van der Waals surface area contributed by atoms with Crippen LogP contribution < -0.4 is 4.74 Å². The molecule has 0 aliphatic rings. The highest BCUT2D eigenvalue weighted by molar-refractivity contribution is 9.09. The molecule has 2 aromatic rings. The molecule has 2 rings (SSSR count). The van der Waals surface area contributed by atoms with Crippen LogP contribution in [0.25, 0.3) is 0 Å². The van der Waals surface area contributed by atoms with Crippen LogP contribution in [0.5, 0.6) is 5.75 Å². The third-order valence-corrected chi connectivity index (χ3v) is 3.80. The Hall–Kier alpha value is -1.22. The van der Waals surface area contributed by atoms with E-state index in [1.165, 1.54) is 11.1 Å². The van der Waals surface area contributed by atoms with E-state index in [-0.39, 0.29) is 4.83 Å². The maximum absolute atomic E-state index is 5.46. The van der Waals surface area contributed by atoms with E-state index in [0.717, 1.165) is 24.4 Å². The van der Waals surface area contributed by atoms with Crippen LogP contribution in [0.4, 0.5) is 0 Å². The molecule has 1 aromatic heterocycles. The molecule has 0 amide bonds. The Kier molecular flexibility index (Phi) is 4.48. The molecule has 1 aromatic carbocycles. The molecule has 3 heteroatoms. The van der Waals surface area contributed by atoms with Gasteiger partial charge in [0.2, 0.25) is 0 Å². The van der Waals surface area contributed by atoms with E-state index in [4.69, 9.17) is 9.15 Å². The van der Waals surface area contributed by atoms with Crippen molar-refractivity contribution in [1.29, 1.82) is 0 Å². The second-order valence-corrected chi connectivity index (χ2v) is 5.28. The summed E-state index contributed by atoms with van der Waals surface area (Å²) in [7, 11) is 1.69. The first-order chi connectivity index (χ1) is 8.74. The molecule has 0 saturated heterocycles. The summed E-state index contributed by atoms with van der Waals surface area (Å²) in [6, 6.07) is 10.2. The highest BCUT2D eigenvalue weighted by Gasteiger charge is 2.14. The molecule has 18 heavy (non-hydrogen) atoms. The molecule has 0 bridgehead atoms. The molecular weight excluding hydrogens is 292 g/mol. The number of alkyl halides is 1. The smallest absolute Gasteiger partial charge is 0.119 e. The van der Waals surface area contributed by atoms with Gasteiger partial charge in [-0.3, -0.25) is 0 Å². The van der Waals surface area contributed by atoms with Crippen LogP contribution >= 0.6 is 15.9 Å². The molecule has 2 nitrogen and oxygen atoms in total. The zero-order valence-corrected chi connectivity index (χ0v) is 12.2. The van der Waals surface area contributed by atoms with Crippen molar-refractivity contribution in [2.75, 3.05) is 7.11 Å². The number of ether oxygens (including phenoxy) is 1. The van der Waals surface area contributed by atoms with Crippen molar-refractivity contribution in [3.8, 4) is 5.75 Å². The second-order valence-electron chi connectivity index (χ2n) is 4.18. The summed E-state index contributed by atoms with van der Waals surface area (Å²) in [6.07, 6.45) is 3.60. The molecule has 0 aliphatic heterocycles. The van der Waals surface area contributed by atoms with Gasteiger partial charge in [0.15, 0.2) is 0 Å². The maximum atomic E-state index is 5.46. The first kappa shape index (κ1) is 13.2. The van der Waals surface area contributed by atoms with Crippen molar-refractivity contribution in [2.24, 2.45) is 0 Å². The van der Waals surface area contributed by atoms with E-state index < -0.39 is 0 Å². The molecule has 1 unspecified atom stereocenters. The molecule has 0 spiro atoms. The van der Waals surface area contributed by atoms with Gasteiger partial charge in [0, 0.05) is 16.8 Å². The van der Waals surface area contributed by atoms with E-state index in [2.05, 4.69) is 35.0 Å². The predicted octanol–water partition coefficient (Wildman–Crippen LogP) is 4.53. The normalized spacial score (nSPS) is 12.4. The third-order valence-electron chi connectivity index (χ3n) is 2.99. The predicted molar refractivity (Wildman–Crippen MR) is 76.5 cm³/mol. The minimum Gasteiger partial charge on any atom is -0.497 e. The number of furan rings is 1. The van der Waals surface area contributed by atoms with Crippen LogP contribution in [0, 0.1) is 0 Å². The Balaban J connectivity index is 2.13. The molecule has 0 radical (unpaired) electrons.